The van der Waals surface area contributed by atoms with Crippen LogP contribution >= 0.6 is 11.6 Å². The second-order valence-electron chi connectivity index (χ2n) is 3.94. The summed E-state index contributed by atoms with van der Waals surface area (Å²) in [5.74, 6) is -0.437. The van der Waals surface area contributed by atoms with Crippen molar-refractivity contribution in [3.63, 3.8) is 0 Å². The first-order valence-corrected chi connectivity index (χ1v) is 5.72. The molecule has 1 aromatic carbocycles. The van der Waals surface area contributed by atoms with Gasteiger partial charge in [-0.25, -0.2) is 9.13 Å². The van der Waals surface area contributed by atoms with Crippen molar-refractivity contribution in [2.45, 2.75) is 6.54 Å². The summed E-state index contributed by atoms with van der Waals surface area (Å²) in [6, 6.07) is 6.48. The molecule has 0 atom stereocenters. The fraction of sp³-hybridized carbons (Fsp3) is 0.167. The molecule has 2 rings (SSSR count). The lowest BCUT2D eigenvalue weighted by molar-refractivity contribution is -0.671. The Bertz CT molecular complexity index is 572. The quantitative estimate of drug-likeness (QED) is 0.421. The molecule has 102 valence electrons. The normalized spacial score (nSPS) is 9.84. The number of carbonyl (C=O) groups excluding carboxylic acids is 1. The van der Waals surface area contributed by atoms with E-state index in [9.17, 15) is 10.0 Å². The van der Waals surface area contributed by atoms with E-state index in [2.05, 4.69) is 0 Å². The summed E-state index contributed by atoms with van der Waals surface area (Å²) in [6.07, 6.45) is 5.32. The largest absolute Gasteiger partial charge is 1.00 e. The van der Waals surface area contributed by atoms with E-state index >= 15 is 0 Å². The number of imidazole rings is 1. The number of anilines is 1. The molecule has 1 heterocycles. The Balaban J connectivity index is 0.00000180. The Morgan fingerprint density at radius 3 is 2.84 bits per heavy atom. The molecular weight excluding hydrogens is 289 g/mol. The number of benzene rings is 1. The number of hydrogen-bond acceptors (Lipinski definition) is 2. The van der Waals surface area contributed by atoms with Gasteiger partial charge in [0.05, 0.1) is 12.7 Å². The highest BCUT2D eigenvalue weighted by Crippen LogP contribution is 2.18. The van der Waals surface area contributed by atoms with Gasteiger partial charge in [-0.1, -0.05) is 17.7 Å². The lowest BCUT2D eigenvalue weighted by Gasteiger charge is -2.13. The van der Waals surface area contributed by atoms with E-state index in [0.29, 0.717) is 15.8 Å². The molecule has 0 radical (unpaired) electrons. The summed E-state index contributed by atoms with van der Waals surface area (Å²) in [5.41, 5.74) is 0.351. The van der Waals surface area contributed by atoms with Crippen LogP contribution in [0.25, 0.3) is 0 Å². The van der Waals surface area contributed by atoms with Crippen molar-refractivity contribution in [3.05, 3.63) is 48.0 Å². The summed E-state index contributed by atoms with van der Waals surface area (Å²) in [5, 5.41) is 10.9. The van der Waals surface area contributed by atoms with E-state index in [0.717, 1.165) is 0 Å². The molecule has 0 fully saturated rings. The van der Waals surface area contributed by atoms with E-state index < -0.39 is 5.91 Å². The molecule has 0 unspecified atom stereocenters. The van der Waals surface area contributed by atoms with Crippen LogP contribution in [-0.2, 0) is 18.4 Å². The summed E-state index contributed by atoms with van der Waals surface area (Å²) in [7, 11) is 1.86. The first-order valence-electron chi connectivity index (χ1n) is 5.34. The SMILES string of the molecule is C[n+]1ccn(CC(=O)N(O)c2cccc(Cl)c2)c1.[Cl-]. The minimum absolute atomic E-state index is 0. The molecule has 0 aliphatic rings. The minimum atomic E-state index is -0.437. The Morgan fingerprint density at radius 1 is 1.53 bits per heavy atom. The number of carbonyl (C=O) groups is 1. The van der Waals surface area contributed by atoms with Gasteiger partial charge in [0.1, 0.15) is 12.4 Å². The second kappa shape index (κ2) is 6.56. The average molecular weight is 302 g/mol. The maximum absolute atomic E-state index is 11.8. The number of hydroxylamine groups is 1. The van der Waals surface area contributed by atoms with Crippen LogP contribution in [0.3, 0.4) is 0 Å². The molecule has 1 amide bonds. The van der Waals surface area contributed by atoms with Gasteiger partial charge in [-0.05, 0) is 18.2 Å². The molecule has 5 nitrogen and oxygen atoms in total. The van der Waals surface area contributed by atoms with Crippen LogP contribution in [-0.4, -0.2) is 15.7 Å². The van der Waals surface area contributed by atoms with Gasteiger partial charge in [-0.3, -0.25) is 10.0 Å². The maximum Gasteiger partial charge on any atom is 0.292 e. The maximum atomic E-state index is 11.8. The molecule has 0 saturated heterocycles. The van der Waals surface area contributed by atoms with E-state index in [4.69, 9.17) is 11.6 Å². The van der Waals surface area contributed by atoms with Crippen LogP contribution in [0.5, 0.6) is 0 Å². The van der Waals surface area contributed by atoms with E-state index in [1.54, 1.807) is 35.3 Å². The number of nitrogens with zero attached hydrogens (tertiary/aromatic N) is 3. The fourth-order valence-corrected chi connectivity index (χ4v) is 1.75. The molecule has 0 bridgehead atoms. The molecule has 1 N–H and O–H groups in total. The molecule has 2 aromatic rings. The highest BCUT2D eigenvalue weighted by molar-refractivity contribution is 6.30. The zero-order valence-electron chi connectivity index (χ0n) is 10.2. The van der Waals surface area contributed by atoms with Crippen LogP contribution in [0.15, 0.2) is 43.0 Å². The van der Waals surface area contributed by atoms with Crippen molar-refractivity contribution in [3.8, 4) is 0 Å². The highest BCUT2D eigenvalue weighted by Gasteiger charge is 2.16. The third-order valence-electron chi connectivity index (χ3n) is 2.43. The number of amides is 1. The Kier molecular flexibility index (Phi) is 5.35. The smallest absolute Gasteiger partial charge is 0.292 e. The number of rotatable bonds is 3. The Hall–Kier alpha value is -1.56. The number of halogens is 2. The van der Waals surface area contributed by atoms with Gasteiger partial charge in [-0.15, -0.1) is 0 Å². The topological polar surface area (TPSA) is 49.3 Å². The van der Waals surface area contributed by atoms with Crippen molar-refractivity contribution in [1.82, 2.24) is 4.57 Å². The van der Waals surface area contributed by atoms with E-state index in [1.807, 2.05) is 17.8 Å². The lowest BCUT2D eigenvalue weighted by Crippen LogP contribution is -3.00. The highest BCUT2D eigenvalue weighted by atomic mass is 35.5. The summed E-state index contributed by atoms with van der Waals surface area (Å²) in [4.78, 5) is 11.8. The molecular formula is C12H13Cl2N3O2. The zero-order chi connectivity index (χ0) is 13.1. The number of aromatic nitrogens is 2. The Morgan fingerprint density at radius 2 is 2.26 bits per heavy atom. The van der Waals surface area contributed by atoms with Crippen LogP contribution < -0.4 is 22.0 Å². The summed E-state index contributed by atoms with van der Waals surface area (Å²) < 4.78 is 3.49. The third kappa shape index (κ3) is 3.96. The number of aryl methyl sites for hydroxylation is 1. The van der Waals surface area contributed by atoms with Gasteiger partial charge in [0.2, 0.25) is 6.33 Å². The van der Waals surface area contributed by atoms with Crippen LogP contribution in [0.4, 0.5) is 5.69 Å². The van der Waals surface area contributed by atoms with Crippen molar-refractivity contribution in [2.24, 2.45) is 7.05 Å². The predicted octanol–water partition coefficient (Wildman–Crippen LogP) is -1.61. The zero-order valence-corrected chi connectivity index (χ0v) is 11.7. The van der Waals surface area contributed by atoms with Gasteiger partial charge in [-0.2, -0.15) is 5.06 Å². The summed E-state index contributed by atoms with van der Waals surface area (Å²) in [6.45, 7) is 0.0594. The van der Waals surface area contributed by atoms with E-state index in [1.165, 1.54) is 6.07 Å². The van der Waals surface area contributed by atoms with Crippen molar-refractivity contribution < 1.29 is 27.0 Å². The second-order valence-corrected chi connectivity index (χ2v) is 4.37. The molecule has 7 heteroatoms. The first-order chi connectivity index (χ1) is 8.56. The molecule has 0 aliphatic carbocycles. The van der Waals surface area contributed by atoms with Crippen LogP contribution in [0, 0.1) is 0 Å². The van der Waals surface area contributed by atoms with Gasteiger partial charge in [0.15, 0.2) is 6.54 Å². The minimum Gasteiger partial charge on any atom is -1.00 e. The third-order valence-corrected chi connectivity index (χ3v) is 2.67. The Labute approximate surface area is 122 Å². The van der Waals surface area contributed by atoms with Crippen molar-refractivity contribution >= 4 is 23.2 Å². The van der Waals surface area contributed by atoms with Crippen LogP contribution in [0.2, 0.25) is 5.02 Å². The molecule has 0 aliphatic heterocycles. The molecule has 0 saturated carbocycles. The van der Waals surface area contributed by atoms with Crippen molar-refractivity contribution in [2.75, 3.05) is 5.06 Å². The molecule has 19 heavy (non-hydrogen) atoms. The fourth-order valence-electron chi connectivity index (χ4n) is 1.57. The van der Waals surface area contributed by atoms with Gasteiger partial charge in [0.25, 0.3) is 5.91 Å². The van der Waals surface area contributed by atoms with E-state index in [-0.39, 0.29) is 19.0 Å². The predicted molar refractivity (Wildman–Crippen MR) is 66.3 cm³/mol. The van der Waals surface area contributed by atoms with Gasteiger partial charge < -0.3 is 12.4 Å². The van der Waals surface area contributed by atoms with Crippen LogP contribution in [0.1, 0.15) is 0 Å². The molecule has 1 aromatic heterocycles. The standard InChI is InChI=1S/C12H13ClN3O2.ClH/c1-14-5-6-15(9-14)8-12(17)16(18)11-4-2-3-10(13)7-11;/h2-7,9,18H,8H2,1H3;1H/q+1;/p-1. The van der Waals surface area contributed by atoms with Gasteiger partial charge >= 0.3 is 0 Å². The average Bonchev–Trinajstić information content (AvgIpc) is 2.73. The molecule has 0 spiro atoms. The lowest BCUT2D eigenvalue weighted by atomic mass is 10.3. The van der Waals surface area contributed by atoms with Crippen molar-refractivity contribution in [1.29, 1.82) is 0 Å². The van der Waals surface area contributed by atoms with Gasteiger partial charge in [0, 0.05) is 5.02 Å². The monoisotopic (exact) mass is 301 g/mol. The first kappa shape index (κ1) is 15.5. The number of hydrogen-bond donors (Lipinski definition) is 1. The summed E-state index contributed by atoms with van der Waals surface area (Å²) >= 11 is 5.80.